The summed E-state index contributed by atoms with van der Waals surface area (Å²) in [5.41, 5.74) is 8.90. The van der Waals surface area contributed by atoms with Crippen LogP contribution in [0.5, 0.6) is 0 Å². The number of anilines is 2. The number of nitrogens with one attached hydrogen (secondary N) is 1. The van der Waals surface area contributed by atoms with Gasteiger partial charge in [0, 0.05) is 21.9 Å². The van der Waals surface area contributed by atoms with Crippen molar-refractivity contribution < 1.29 is 0 Å². The van der Waals surface area contributed by atoms with Crippen molar-refractivity contribution in [3.05, 3.63) is 58.6 Å². The van der Waals surface area contributed by atoms with Gasteiger partial charge in [0.05, 0.1) is 0 Å². The summed E-state index contributed by atoms with van der Waals surface area (Å²) in [6.45, 7) is 2.18. The Bertz CT molecular complexity index is 511. The molecule has 2 aromatic carbocycles. The van der Waals surface area contributed by atoms with Gasteiger partial charge in [-0.15, -0.1) is 0 Å². The minimum atomic E-state index is 0.368. The number of halogens is 1. The van der Waals surface area contributed by atoms with Gasteiger partial charge in [-0.2, -0.15) is 0 Å². The van der Waals surface area contributed by atoms with Crippen molar-refractivity contribution in [2.24, 2.45) is 0 Å². The lowest BCUT2D eigenvalue weighted by Crippen LogP contribution is -2.18. The zero-order valence-corrected chi connectivity index (χ0v) is 11.9. The van der Waals surface area contributed by atoms with Crippen molar-refractivity contribution >= 4 is 27.3 Å². The van der Waals surface area contributed by atoms with Gasteiger partial charge in [-0.05, 0) is 53.0 Å². The van der Waals surface area contributed by atoms with Gasteiger partial charge in [-0.25, -0.2) is 0 Å². The normalized spacial score (nSPS) is 12.1. The largest absolute Gasteiger partial charge is 0.399 e. The highest BCUT2D eigenvalue weighted by atomic mass is 79.9. The second-order valence-corrected chi connectivity index (χ2v) is 5.33. The summed E-state index contributed by atoms with van der Waals surface area (Å²) >= 11 is 3.52. The summed E-state index contributed by atoms with van der Waals surface area (Å²) < 4.78 is 1.00. The molecule has 0 heterocycles. The van der Waals surface area contributed by atoms with Crippen LogP contribution >= 0.6 is 15.9 Å². The van der Waals surface area contributed by atoms with E-state index in [1.165, 1.54) is 5.56 Å². The molecule has 0 spiro atoms. The second-order valence-electron chi connectivity index (χ2n) is 4.47. The third-order valence-electron chi connectivity index (χ3n) is 2.78. The molecule has 0 aliphatic carbocycles. The lowest BCUT2D eigenvalue weighted by Gasteiger charge is -2.16. The third kappa shape index (κ3) is 3.50. The average molecular weight is 305 g/mol. The van der Waals surface area contributed by atoms with Crippen molar-refractivity contribution in [1.82, 2.24) is 0 Å². The van der Waals surface area contributed by atoms with Crippen molar-refractivity contribution in [2.45, 2.75) is 19.4 Å². The lowest BCUT2D eigenvalue weighted by atomic mass is 10.1. The van der Waals surface area contributed by atoms with Crippen LogP contribution in [0.2, 0.25) is 0 Å². The Morgan fingerprint density at radius 1 is 1.17 bits per heavy atom. The molecular formula is C15H17BrN2. The van der Waals surface area contributed by atoms with Gasteiger partial charge in [0.25, 0.3) is 0 Å². The van der Waals surface area contributed by atoms with Crippen LogP contribution in [0.3, 0.4) is 0 Å². The summed E-state index contributed by atoms with van der Waals surface area (Å²) in [6.07, 6.45) is 0.998. The third-order valence-corrected chi connectivity index (χ3v) is 3.44. The van der Waals surface area contributed by atoms with Crippen molar-refractivity contribution in [3.8, 4) is 0 Å². The first-order valence-electron chi connectivity index (χ1n) is 6.00. The SMILES string of the molecule is CC(Cc1ccccc1)Nc1ccc(N)cc1Br. The molecule has 0 bridgehead atoms. The Labute approximate surface area is 116 Å². The molecule has 1 unspecified atom stereocenters. The summed E-state index contributed by atoms with van der Waals surface area (Å²) in [4.78, 5) is 0. The van der Waals surface area contributed by atoms with Gasteiger partial charge in [0.2, 0.25) is 0 Å². The van der Waals surface area contributed by atoms with E-state index >= 15 is 0 Å². The van der Waals surface area contributed by atoms with Crippen molar-refractivity contribution in [1.29, 1.82) is 0 Å². The van der Waals surface area contributed by atoms with E-state index in [9.17, 15) is 0 Å². The van der Waals surface area contributed by atoms with Gasteiger partial charge >= 0.3 is 0 Å². The van der Waals surface area contributed by atoms with E-state index in [0.29, 0.717) is 6.04 Å². The number of benzene rings is 2. The van der Waals surface area contributed by atoms with Crippen LogP contribution in [0.25, 0.3) is 0 Å². The molecule has 0 amide bonds. The van der Waals surface area contributed by atoms with Crippen molar-refractivity contribution in [2.75, 3.05) is 11.1 Å². The first-order valence-corrected chi connectivity index (χ1v) is 6.80. The molecule has 3 heteroatoms. The van der Waals surface area contributed by atoms with Crippen LogP contribution in [-0.4, -0.2) is 6.04 Å². The fourth-order valence-corrected chi connectivity index (χ4v) is 2.44. The van der Waals surface area contributed by atoms with Crippen LogP contribution < -0.4 is 11.1 Å². The molecule has 1 atom stereocenters. The molecular weight excluding hydrogens is 288 g/mol. The Hall–Kier alpha value is -1.48. The highest BCUT2D eigenvalue weighted by Gasteiger charge is 2.06. The van der Waals surface area contributed by atoms with E-state index in [4.69, 9.17) is 5.73 Å². The van der Waals surface area contributed by atoms with Crippen LogP contribution in [0, 0.1) is 0 Å². The van der Waals surface area contributed by atoms with E-state index in [1.54, 1.807) is 0 Å². The van der Waals surface area contributed by atoms with Crippen LogP contribution in [0.1, 0.15) is 12.5 Å². The van der Waals surface area contributed by atoms with E-state index in [-0.39, 0.29) is 0 Å². The molecule has 0 aliphatic heterocycles. The summed E-state index contributed by atoms with van der Waals surface area (Å²) in [5.74, 6) is 0. The van der Waals surface area contributed by atoms with Gasteiger partial charge < -0.3 is 11.1 Å². The van der Waals surface area contributed by atoms with Gasteiger partial charge in [0.15, 0.2) is 0 Å². The zero-order valence-electron chi connectivity index (χ0n) is 10.4. The smallest absolute Gasteiger partial charge is 0.0488 e. The maximum atomic E-state index is 5.72. The number of hydrogen-bond donors (Lipinski definition) is 2. The van der Waals surface area contributed by atoms with E-state index in [2.05, 4.69) is 52.4 Å². The first-order chi connectivity index (χ1) is 8.65. The Morgan fingerprint density at radius 3 is 2.56 bits per heavy atom. The molecule has 0 fully saturated rings. The molecule has 3 N–H and O–H groups in total. The standard InChI is InChI=1S/C15H17BrN2/c1-11(9-12-5-3-2-4-6-12)18-15-8-7-13(17)10-14(15)16/h2-8,10-11,18H,9,17H2,1H3. The minimum absolute atomic E-state index is 0.368. The Kier molecular flexibility index (Phi) is 4.26. The molecule has 2 aromatic rings. The average Bonchev–Trinajstić information content (AvgIpc) is 2.34. The highest BCUT2D eigenvalue weighted by Crippen LogP contribution is 2.25. The quantitative estimate of drug-likeness (QED) is 0.836. The highest BCUT2D eigenvalue weighted by molar-refractivity contribution is 9.10. The molecule has 0 saturated carbocycles. The first kappa shape index (κ1) is 13.0. The second kappa shape index (κ2) is 5.91. The maximum absolute atomic E-state index is 5.72. The zero-order chi connectivity index (χ0) is 13.0. The van der Waals surface area contributed by atoms with E-state index in [1.807, 2.05) is 24.3 Å². The molecule has 2 nitrogen and oxygen atoms in total. The van der Waals surface area contributed by atoms with Gasteiger partial charge in [-0.3, -0.25) is 0 Å². The van der Waals surface area contributed by atoms with Crippen LogP contribution in [0.15, 0.2) is 53.0 Å². The summed E-state index contributed by atoms with van der Waals surface area (Å²) in [7, 11) is 0. The van der Waals surface area contributed by atoms with Gasteiger partial charge in [-0.1, -0.05) is 30.3 Å². The number of rotatable bonds is 4. The van der Waals surface area contributed by atoms with E-state index < -0.39 is 0 Å². The summed E-state index contributed by atoms with van der Waals surface area (Å²) in [5, 5.41) is 3.48. The Morgan fingerprint density at radius 2 is 1.89 bits per heavy atom. The molecule has 94 valence electrons. The monoisotopic (exact) mass is 304 g/mol. The predicted molar refractivity (Wildman–Crippen MR) is 81.8 cm³/mol. The Balaban J connectivity index is 2.01. The number of nitrogen functional groups attached to an aromatic ring is 1. The molecule has 18 heavy (non-hydrogen) atoms. The number of nitrogens with two attached hydrogens (primary N) is 1. The topological polar surface area (TPSA) is 38.0 Å². The fraction of sp³-hybridized carbons (Fsp3) is 0.200. The van der Waals surface area contributed by atoms with Gasteiger partial charge in [0.1, 0.15) is 0 Å². The number of hydrogen-bond acceptors (Lipinski definition) is 2. The molecule has 0 aliphatic rings. The van der Waals surface area contributed by atoms with Crippen LogP contribution in [-0.2, 0) is 6.42 Å². The van der Waals surface area contributed by atoms with E-state index in [0.717, 1.165) is 22.3 Å². The lowest BCUT2D eigenvalue weighted by molar-refractivity contribution is 0.790. The predicted octanol–water partition coefficient (Wildman–Crippen LogP) is 4.07. The van der Waals surface area contributed by atoms with Crippen molar-refractivity contribution in [3.63, 3.8) is 0 Å². The molecule has 0 radical (unpaired) electrons. The molecule has 2 rings (SSSR count). The minimum Gasteiger partial charge on any atom is -0.399 e. The maximum Gasteiger partial charge on any atom is 0.0488 e. The molecule has 0 aromatic heterocycles. The summed E-state index contributed by atoms with van der Waals surface area (Å²) in [6, 6.07) is 16.7. The van der Waals surface area contributed by atoms with Crippen LogP contribution in [0.4, 0.5) is 11.4 Å². The fourth-order valence-electron chi connectivity index (χ4n) is 1.93. The molecule has 0 saturated heterocycles.